The van der Waals surface area contributed by atoms with Crippen molar-refractivity contribution < 1.29 is 0 Å². The van der Waals surface area contributed by atoms with Gasteiger partial charge in [-0.25, -0.2) is 9.97 Å². The summed E-state index contributed by atoms with van der Waals surface area (Å²) in [5.41, 5.74) is 23.1. The second kappa shape index (κ2) is 10.3. The van der Waals surface area contributed by atoms with Crippen molar-refractivity contribution in [3.05, 3.63) is 146 Å². The van der Waals surface area contributed by atoms with Crippen LogP contribution in [0.4, 0.5) is 11.4 Å². The van der Waals surface area contributed by atoms with Crippen molar-refractivity contribution in [1.82, 2.24) is 19.1 Å². The number of anilines is 2. The number of nitrogens with zero attached hydrogens (tertiary/aromatic N) is 4. The summed E-state index contributed by atoms with van der Waals surface area (Å²) in [5.74, 6) is 1.49. The third-order valence-electron chi connectivity index (χ3n) is 8.22. The average molecular weight is 569 g/mol. The molecule has 0 aliphatic heterocycles. The summed E-state index contributed by atoms with van der Waals surface area (Å²) in [5, 5.41) is 1.86. The van der Waals surface area contributed by atoms with Gasteiger partial charge < -0.3 is 11.5 Å². The third-order valence-corrected chi connectivity index (χ3v) is 8.22. The molecule has 8 rings (SSSR count). The number of hydrogen-bond acceptors (Lipinski definition) is 4. The molecule has 0 amide bonds. The Balaban J connectivity index is 1.38. The smallest absolute Gasteiger partial charge is 0.137 e. The highest BCUT2D eigenvalue weighted by molar-refractivity contribution is 6.09. The highest BCUT2D eigenvalue weighted by atomic mass is 15.1. The lowest BCUT2D eigenvalue weighted by Gasteiger charge is -2.16. The van der Waals surface area contributed by atoms with Gasteiger partial charge in [-0.05, 0) is 47.5 Å². The summed E-state index contributed by atoms with van der Waals surface area (Å²) in [6.07, 6.45) is 3.81. The SMILES string of the molecule is Nc1c(-c2c(N)c3ccccc3n2-c2ccc(-c3ccccc3)cn2)n(-c2ccc(-c3ccccc3)cn2)c2ccccc12. The maximum Gasteiger partial charge on any atom is 0.137 e. The first-order valence-electron chi connectivity index (χ1n) is 14.5. The fraction of sp³-hybridized carbons (Fsp3) is 0. The predicted octanol–water partition coefficient (Wildman–Crippen LogP) is 8.53. The van der Waals surface area contributed by atoms with Gasteiger partial charge in [-0.2, -0.15) is 0 Å². The molecule has 8 aromatic rings. The fourth-order valence-electron chi connectivity index (χ4n) is 6.11. The molecular formula is C38H28N6. The van der Waals surface area contributed by atoms with Crippen LogP contribution in [0.3, 0.4) is 0 Å². The number of aromatic nitrogens is 4. The molecule has 4 aromatic heterocycles. The lowest BCUT2D eigenvalue weighted by molar-refractivity contribution is 1.01. The minimum atomic E-state index is 0.631. The first kappa shape index (κ1) is 25.6. The van der Waals surface area contributed by atoms with Crippen LogP contribution in [0, 0.1) is 0 Å². The van der Waals surface area contributed by atoms with E-state index in [9.17, 15) is 0 Å². The lowest BCUT2D eigenvalue weighted by Crippen LogP contribution is -2.07. The number of pyridine rings is 2. The number of para-hydroxylation sites is 2. The standard InChI is InChI=1S/C38H28N6/c39-35-29-15-7-9-17-31(29)43(33-21-19-27(23-41-33)25-11-3-1-4-12-25)37(35)38-36(40)30-16-8-10-18-32(30)44(38)34-22-20-28(24-42-34)26-13-5-2-6-14-26/h1-24H,39-40H2. The van der Waals surface area contributed by atoms with Crippen LogP contribution in [-0.4, -0.2) is 19.1 Å². The number of hydrogen-bond donors (Lipinski definition) is 2. The quantitative estimate of drug-likeness (QED) is 0.218. The fourth-order valence-corrected chi connectivity index (χ4v) is 6.11. The van der Waals surface area contributed by atoms with E-state index < -0.39 is 0 Å². The normalized spacial score (nSPS) is 11.4. The van der Waals surface area contributed by atoms with Crippen molar-refractivity contribution in [3.63, 3.8) is 0 Å². The number of nitrogen functional groups attached to an aromatic ring is 2. The molecule has 4 N–H and O–H groups in total. The Morgan fingerprint density at radius 1 is 0.386 bits per heavy atom. The van der Waals surface area contributed by atoms with Crippen LogP contribution in [0.25, 0.3) is 67.1 Å². The minimum absolute atomic E-state index is 0.631. The molecular weight excluding hydrogens is 540 g/mol. The minimum Gasteiger partial charge on any atom is -0.396 e. The largest absolute Gasteiger partial charge is 0.396 e. The van der Waals surface area contributed by atoms with Gasteiger partial charge in [0, 0.05) is 34.3 Å². The maximum atomic E-state index is 7.03. The molecule has 0 aliphatic rings. The molecule has 210 valence electrons. The first-order valence-corrected chi connectivity index (χ1v) is 14.5. The van der Waals surface area contributed by atoms with Crippen molar-refractivity contribution >= 4 is 33.2 Å². The molecule has 4 aromatic carbocycles. The molecule has 0 bridgehead atoms. The summed E-state index contributed by atoms with van der Waals surface area (Å²) in [4.78, 5) is 9.90. The topological polar surface area (TPSA) is 87.7 Å². The van der Waals surface area contributed by atoms with E-state index in [1.54, 1.807) is 0 Å². The number of nitrogens with two attached hydrogens (primary N) is 2. The van der Waals surface area contributed by atoms with E-state index in [-0.39, 0.29) is 0 Å². The molecule has 4 heterocycles. The summed E-state index contributed by atoms with van der Waals surface area (Å²) in [6.45, 7) is 0. The summed E-state index contributed by atoms with van der Waals surface area (Å²) in [6, 6.07) is 45.0. The van der Waals surface area contributed by atoms with Gasteiger partial charge in [0.1, 0.15) is 11.6 Å². The number of rotatable bonds is 5. The Morgan fingerprint density at radius 2 is 0.773 bits per heavy atom. The Bertz CT molecular complexity index is 2100. The van der Waals surface area contributed by atoms with E-state index in [0.29, 0.717) is 11.4 Å². The van der Waals surface area contributed by atoms with Crippen LogP contribution >= 0.6 is 0 Å². The Labute approximate surface area is 254 Å². The van der Waals surface area contributed by atoms with E-state index in [2.05, 4.69) is 57.7 Å². The zero-order valence-corrected chi connectivity index (χ0v) is 23.8. The number of fused-ring (bicyclic) bond motifs is 2. The van der Waals surface area contributed by atoms with Crippen LogP contribution in [0.15, 0.2) is 146 Å². The van der Waals surface area contributed by atoms with Crippen LogP contribution < -0.4 is 11.5 Å². The monoisotopic (exact) mass is 568 g/mol. The second-order valence-electron chi connectivity index (χ2n) is 10.8. The van der Waals surface area contributed by atoms with Gasteiger partial charge in [-0.15, -0.1) is 0 Å². The molecule has 6 nitrogen and oxygen atoms in total. The molecule has 0 fully saturated rings. The van der Waals surface area contributed by atoms with Gasteiger partial charge in [0.2, 0.25) is 0 Å². The van der Waals surface area contributed by atoms with Crippen LogP contribution in [0.5, 0.6) is 0 Å². The van der Waals surface area contributed by atoms with E-state index in [0.717, 1.165) is 67.1 Å². The van der Waals surface area contributed by atoms with Gasteiger partial charge in [0.15, 0.2) is 0 Å². The van der Waals surface area contributed by atoms with Crippen LogP contribution in [-0.2, 0) is 0 Å². The highest BCUT2D eigenvalue weighted by Gasteiger charge is 2.27. The zero-order valence-electron chi connectivity index (χ0n) is 23.8. The van der Waals surface area contributed by atoms with Crippen molar-refractivity contribution in [2.45, 2.75) is 0 Å². The highest BCUT2D eigenvalue weighted by Crippen LogP contribution is 2.45. The van der Waals surface area contributed by atoms with Crippen molar-refractivity contribution in [1.29, 1.82) is 0 Å². The van der Waals surface area contributed by atoms with Gasteiger partial charge in [0.05, 0.1) is 33.8 Å². The zero-order chi connectivity index (χ0) is 29.6. The van der Waals surface area contributed by atoms with E-state index in [4.69, 9.17) is 21.4 Å². The molecule has 0 saturated heterocycles. The molecule has 0 atom stereocenters. The molecule has 0 radical (unpaired) electrons. The van der Waals surface area contributed by atoms with Crippen molar-refractivity contribution in [2.75, 3.05) is 11.5 Å². The average Bonchev–Trinajstić information content (AvgIpc) is 3.55. The van der Waals surface area contributed by atoms with Gasteiger partial charge >= 0.3 is 0 Å². The molecule has 6 heteroatoms. The van der Waals surface area contributed by atoms with Gasteiger partial charge in [0.25, 0.3) is 0 Å². The van der Waals surface area contributed by atoms with Crippen molar-refractivity contribution in [3.8, 4) is 45.3 Å². The van der Waals surface area contributed by atoms with E-state index >= 15 is 0 Å². The van der Waals surface area contributed by atoms with Crippen LogP contribution in [0.2, 0.25) is 0 Å². The molecule has 0 spiro atoms. The first-order chi connectivity index (χ1) is 21.7. The Hall–Kier alpha value is -6.14. The van der Waals surface area contributed by atoms with Gasteiger partial charge in [-0.1, -0.05) is 97.1 Å². The van der Waals surface area contributed by atoms with E-state index in [1.807, 2.05) is 97.3 Å². The van der Waals surface area contributed by atoms with Crippen LogP contribution in [0.1, 0.15) is 0 Å². The number of benzene rings is 4. The molecule has 0 unspecified atom stereocenters. The predicted molar refractivity (Wildman–Crippen MR) is 181 cm³/mol. The van der Waals surface area contributed by atoms with Gasteiger partial charge in [-0.3, -0.25) is 9.13 Å². The maximum absolute atomic E-state index is 7.03. The summed E-state index contributed by atoms with van der Waals surface area (Å²) in [7, 11) is 0. The molecule has 0 aliphatic carbocycles. The lowest BCUT2D eigenvalue weighted by atomic mass is 10.1. The Morgan fingerprint density at radius 3 is 1.16 bits per heavy atom. The molecule has 44 heavy (non-hydrogen) atoms. The second-order valence-corrected chi connectivity index (χ2v) is 10.8. The Kier molecular flexibility index (Phi) is 5.98. The summed E-state index contributed by atoms with van der Waals surface area (Å²) >= 11 is 0. The molecule has 0 saturated carbocycles. The van der Waals surface area contributed by atoms with E-state index in [1.165, 1.54) is 0 Å². The summed E-state index contributed by atoms with van der Waals surface area (Å²) < 4.78 is 4.22. The third kappa shape index (κ3) is 4.04. The van der Waals surface area contributed by atoms with Crippen molar-refractivity contribution in [2.24, 2.45) is 0 Å².